The van der Waals surface area contributed by atoms with Crippen LogP contribution < -0.4 is 4.90 Å². The van der Waals surface area contributed by atoms with E-state index in [0.717, 1.165) is 30.6 Å². The molecule has 0 unspecified atom stereocenters. The van der Waals surface area contributed by atoms with Crippen molar-refractivity contribution in [3.8, 4) is 0 Å². The fourth-order valence-electron chi connectivity index (χ4n) is 3.33. The number of carboxylic acid groups (broad SMARTS) is 1. The monoisotopic (exact) mass is 332 g/mol. The van der Waals surface area contributed by atoms with Crippen molar-refractivity contribution in [1.29, 1.82) is 0 Å². The Balaban J connectivity index is 1.90. The number of carbonyl (C=O) groups is 2. The lowest BCUT2D eigenvalue weighted by Crippen LogP contribution is -2.44. The summed E-state index contributed by atoms with van der Waals surface area (Å²) in [6.07, 6.45) is 3.33. The summed E-state index contributed by atoms with van der Waals surface area (Å²) in [5, 5.41) is 9.58. The summed E-state index contributed by atoms with van der Waals surface area (Å²) in [5.74, 6) is -0.805. The summed E-state index contributed by atoms with van der Waals surface area (Å²) >= 11 is 0. The van der Waals surface area contributed by atoms with Crippen LogP contribution in [0.3, 0.4) is 0 Å². The van der Waals surface area contributed by atoms with Crippen molar-refractivity contribution in [2.45, 2.75) is 63.9 Å². The molecule has 1 aromatic rings. The van der Waals surface area contributed by atoms with E-state index in [0.29, 0.717) is 25.1 Å². The van der Waals surface area contributed by atoms with E-state index in [-0.39, 0.29) is 6.09 Å². The van der Waals surface area contributed by atoms with Crippen LogP contribution >= 0.6 is 0 Å². The van der Waals surface area contributed by atoms with Gasteiger partial charge in [-0.3, -0.25) is 14.7 Å². The van der Waals surface area contributed by atoms with Gasteiger partial charge in [0.15, 0.2) is 0 Å². The van der Waals surface area contributed by atoms with Crippen molar-refractivity contribution < 1.29 is 19.4 Å². The van der Waals surface area contributed by atoms with Crippen LogP contribution in [0, 0.1) is 0 Å². The molecule has 130 valence electrons. The minimum Gasteiger partial charge on any atom is -0.481 e. The number of hydrogen-bond donors (Lipinski definition) is 1. The van der Waals surface area contributed by atoms with Crippen molar-refractivity contribution in [2.75, 3.05) is 11.4 Å². The Morgan fingerprint density at radius 3 is 2.50 bits per heavy atom. The van der Waals surface area contributed by atoms with E-state index in [1.165, 1.54) is 0 Å². The maximum atomic E-state index is 12.4. The van der Waals surface area contributed by atoms with E-state index in [4.69, 9.17) is 4.74 Å². The van der Waals surface area contributed by atoms with Crippen LogP contribution in [0.5, 0.6) is 0 Å². The Bertz CT molecular complexity index is 674. The van der Waals surface area contributed by atoms with Gasteiger partial charge in [-0.2, -0.15) is 0 Å². The lowest BCUT2D eigenvalue weighted by Gasteiger charge is -2.38. The third-order valence-electron chi connectivity index (χ3n) is 4.76. The first-order valence-corrected chi connectivity index (χ1v) is 8.47. The number of rotatable bonds is 2. The summed E-state index contributed by atoms with van der Waals surface area (Å²) in [6.45, 7) is 6.10. The Kier molecular flexibility index (Phi) is 4.01. The molecule has 24 heavy (non-hydrogen) atoms. The van der Waals surface area contributed by atoms with Gasteiger partial charge in [-0.1, -0.05) is 6.42 Å². The second kappa shape index (κ2) is 5.76. The van der Waals surface area contributed by atoms with Gasteiger partial charge in [0.05, 0.1) is 17.1 Å². The van der Waals surface area contributed by atoms with E-state index >= 15 is 0 Å². The standard InChI is InChI=1S/C18H24N2O4/c1-17(2,3)24-16(23)20-11-4-6-12-13(20)7-8-14(19-12)18(15(21)22)9-5-10-18/h7-8H,4-6,9-11H2,1-3H3,(H,21,22). The number of anilines is 1. The predicted molar refractivity (Wildman–Crippen MR) is 89.3 cm³/mol. The topological polar surface area (TPSA) is 79.7 Å². The first-order chi connectivity index (χ1) is 11.2. The number of amides is 1. The SMILES string of the molecule is CC(C)(C)OC(=O)N1CCCc2nc(C3(C(=O)O)CCC3)ccc21. The molecule has 0 saturated heterocycles. The summed E-state index contributed by atoms with van der Waals surface area (Å²) in [6, 6.07) is 3.58. The molecule has 0 radical (unpaired) electrons. The Morgan fingerprint density at radius 2 is 1.96 bits per heavy atom. The van der Waals surface area contributed by atoms with Crippen molar-refractivity contribution in [1.82, 2.24) is 4.98 Å². The second-order valence-electron chi connectivity index (χ2n) is 7.64. The number of aromatic nitrogens is 1. The molecule has 1 N–H and O–H groups in total. The fraction of sp³-hybridized carbons (Fsp3) is 0.611. The summed E-state index contributed by atoms with van der Waals surface area (Å²) in [4.78, 5) is 30.3. The van der Waals surface area contributed by atoms with Gasteiger partial charge in [0.25, 0.3) is 0 Å². The molecule has 0 aromatic carbocycles. The number of aliphatic carboxylic acids is 1. The average molecular weight is 332 g/mol. The minimum atomic E-state index is -0.844. The number of aryl methyl sites for hydroxylation is 1. The molecule has 1 saturated carbocycles. The van der Waals surface area contributed by atoms with Gasteiger partial charge in [-0.15, -0.1) is 0 Å². The van der Waals surface area contributed by atoms with Crippen LogP contribution in [-0.2, 0) is 21.4 Å². The number of pyridine rings is 1. The maximum Gasteiger partial charge on any atom is 0.414 e. The fourth-order valence-corrected chi connectivity index (χ4v) is 3.33. The molecule has 2 aliphatic rings. The summed E-state index contributed by atoms with van der Waals surface area (Å²) in [5.41, 5.74) is 0.743. The molecule has 3 rings (SSSR count). The minimum absolute atomic E-state index is 0.380. The molecule has 6 nitrogen and oxygen atoms in total. The summed E-state index contributed by atoms with van der Waals surface area (Å²) in [7, 11) is 0. The highest BCUT2D eigenvalue weighted by atomic mass is 16.6. The molecule has 0 spiro atoms. The van der Waals surface area contributed by atoms with Gasteiger partial charge in [-0.25, -0.2) is 4.79 Å². The van der Waals surface area contributed by atoms with Gasteiger partial charge >= 0.3 is 12.1 Å². The molecule has 2 heterocycles. The van der Waals surface area contributed by atoms with Gasteiger partial charge < -0.3 is 9.84 Å². The van der Waals surface area contributed by atoms with Crippen molar-refractivity contribution in [3.63, 3.8) is 0 Å². The van der Waals surface area contributed by atoms with Gasteiger partial charge in [-0.05, 0) is 58.6 Å². The highest BCUT2D eigenvalue weighted by molar-refractivity contribution is 5.89. The number of nitrogens with zero attached hydrogens (tertiary/aromatic N) is 2. The molecule has 1 aromatic heterocycles. The van der Waals surface area contributed by atoms with Crippen LogP contribution in [0.25, 0.3) is 0 Å². The van der Waals surface area contributed by atoms with Gasteiger partial charge in [0, 0.05) is 6.54 Å². The third-order valence-corrected chi connectivity index (χ3v) is 4.76. The maximum absolute atomic E-state index is 12.4. The number of carboxylic acids is 1. The first kappa shape index (κ1) is 16.7. The third kappa shape index (κ3) is 2.85. The largest absolute Gasteiger partial charge is 0.481 e. The lowest BCUT2D eigenvalue weighted by molar-refractivity contribution is -0.147. The zero-order chi connectivity index (χ0) is 17.5. The van der Waals surface area contributed by atoms with Crippen LogP contribution in [0.1, 0.15) is 57.8 Å². The zero-order valence-corrected chi connectivity index (χ0v) is 14.5. The van der Waals surface area contributed by atoms with E-state index in [1.807, 2.05) is 26.8 Å². The Hall–Kier alpha value is -2.11. The second-order valence-corrected chi connectivity index (χ2v) is 7.64. The van der Waals surface area contributed by atoms with Gasteiger partial charge in [0.1, 0.15) is 11.0 Å². The van der Waals surface area contributed by atoms with Crippen molar-refractivity contribution in [3.05, 3.63) is 23.5 Å². The Labute approximate surface area is 141 Å². The molecule has 1 amide bonds. The van der Waals surface area contributed by atoms with Crippen molar-refractivity contribution >= 4 is 17.7 Å². The lowest BCUT2D eigenvalue weighted by atomic mass is 9.66. The highest BCUT2D eigenvalue weighted by Gasteiger charge is 2.47. The van der Waals surface area contributed by atoms with E-state index in [1.54, 1.807) is 11.0 Å². The van der Waals surface area contributed by atoms with Crippen LogP contribution in [0.15, 0.2) is 12.1 Å². The van der Waals surface area contributed by atoms with E-state index in [9.17, 15) is 14.7 Å². The van der Waals surface area contributed by atoms with E-state index in [2.05, 4.69) is 4.98 Å². The number of fused-ring (bicyclic) bond motifs is 1. The quantitative estimate of drug-likeness (QED) is 0.899. The molecule has 1 fully saturated rings. The van der Waals surface area contributed by atoms with E-state index < -0.39 is 17.0 Å². The number of ether oxygens (including phenoxy) is 1. The number of hydrogen-bond acceptors (Lipinski definition) is 4. The van der Waals surface area contributed by atoms with Gasteiger partial charge in [0.2, 0.25) is 0 Å². The predicted octanol–water partition coefficient (Wildman–Crippen LogP) is 3.28. The molecule has 1 aliphatic carbocycles. The highest BCUT2D eigenvalue weighted by Crippen LogP contribution is 2.44. The smallest absolute Gasteiger partial charge is 0.414 e. The van der Waals surface area contributed by atoms with Crippen molar-refractivity contribution in [2.24, 2.45) is 0 Å². The molecular weight excluding hydrogens is 308 g/mol. The average Bonchev–Trinajstić information content (AvgIpc) is 2.43. The Morgan fingerprint density at radius 1 is 1.25 bits per heavy atom. The molecule has 0 atom stereocenters. The van der Waals surface area contributed by atoms with Crippen LogP contribution in [0.2, 0.25) is 0 Å². The molecule has 0 bridgehead atoms. The van der Waals surface area contributed by atoms with Crippen LogP contribution in [0.4, 0.5) is 10.5 Å². The number of carbonyl (C=O) groups excluding carboxylic acids is 1. The van der Waals surface area contributed by atoms with Crippen LogP contribution in [-0.4, -0.2) is 34.3 Å². The normalized spacial score (nSPS) is 19.2. The summed E-state index contributed by atoms with van der Waals surface area (Å²) < 4.78 is 5.47. The molecular formula is C18H24N2O4. The zero-order valence-electron chi connectivity index (χ0n) is 14.5. The molecule has 1 aliphatic heterocycles. The molecule has 6 heteroatoms. The first-order valence-electron chi connectivity index (χ1n) is 8.47.